The van der Waals surface area contributed by atoms with Gasteiger partial charge in [0.2, 0.25) is 5.91 Å². The number of thioether (sulfide) groups is 1. The summed E-state index contributed by atoms with van der Waals surface area (Å²) in [5, 5.41) is 5.46. The largest absolute Gasteiger partial charge is 0.315 e. The summed E-state index contributed by atoms with van der Waals surface area (Å²) in [5.74, 6) is 0.605. The number of fused-ring (bicyclic) bond motifs is 2. The van der Waals surface area contributed by atoms with Gasteiger partial charge >= 0.3 is 0 Å². The van der Waals surface area contributed by atoms with E-state index in [1.807, 2.05) is 60.7 Å². The van der Waals surface area contributed by atoms with Gasteiger partial charge in [-0.1, -0.05) is 48.2 Å². The number of hydrogen-bond donors (Lipinski definition) is 0. The summed E-state index contributed by atoms with van der Waals surface area (Å²) >= 11 is 1.50. The highest BCUT2D eigenvalue weighted by Gasteiger charge is 2.30. The van der Waals surface area contributed by atoms with E-state index in [2.05, 4.69) is 5.10 Å². The van der Waals surface area contributed by atoms with E-state index in [1.165, 1.54) is 11.8 Å². The first-order chi connectivity index (χ1) is 14.6. The minimum atomic E-state index is -0.229. The number of amides is 1. The second kappa shape index (κ2) is 7.46. The highest BCUT2D eigenvalue weighted by Crippen LogP contribution is 2.34. The molecule has 0 aliphatic carbocycles. The minimum absolute atomic E-state index is 0.0355. The van der Waals surface area contributed by atoms with Crippen LogP contribution in [-0.2, 0) is 4.79 Å². The highest BCUT2D eigenvalue weighted by atomic mass is 32.2. The van der Waals surface area contributed by atoms with E-state index in [1.54, 1.807) is 27.4 Å². The van der Waals surface area contributed by atoms with E-state index in [9.17, 15) is 9.59 Å². The third-order valence-corrected chi connectivity index (χ3v) is 6.40. The monoisotopic (exact) mass is 417 g/mol. The fraction of sp³-hybridized carbons (Fsp3) is 0.182. The Labute approximate surface area is 177 Å². The summed E-state index contributed by atoms with van der Waals surface area (Å²) in [6.07, 6.45) is 1.80. The molecule has 1 aliphatic heterocycles. The topological polar surface area (TPSA) is 73.0 Å². The maximum absolute atomic E-state index is 13.2. The average Bonchev–Trinajstić information content (AvgIpc) is 3.39. The van der Waals surface area contributed by atoms with Crippen molar-refractivity contribution < 1.29 is 4.79 Å². The molecule has 2 aromatic heterocycles. The van der Waals surface area contributed by atoms with Crippen molar-refractivity contribution in [3.05, 3.63) is 77.2 Å². The molecule has 0 saturated carbocycles. The normalized spacial score (nSPS) is 15.3. The molecule has 5 rings (SSSR count). The van der Waals surface area contributed by atoms with E-state index in [-0.39, 0.29) is 23.9 Å². The van der Waals surface area contributed by atoms with Crippen LogP contribution in [0.25, 0.3) is 16.7 Å². The fourth-order valence-electron chi connectivity index (χ4n) is 3.67. The summed E-state index contributed by atoms with van der Waals surface area (Å²) in [5.41, 5.74) is 2.07. The molecular formula is C22H19N5O2S. The van der Waals surface area contributed by atoms with Crippen LogP contribution in [0.15, 0.2) is 76.8 Å². The Hall–Kier alpha value is -3.39. The lowest BCUT2D eigenvalue weighted by atomic mass is 10.2. The predicted molar refractivity (Wildman–Crippen MR) is 117 cm³/mol. The van der Waals surface area contributed by atoms with Crippen LogP contribution in [0.1, 0.15) is 12.5 Å². The van der Waals surface area contributed by atoms with Gasteiger partial charge in [0, 0.05) is 24.9 Å². The minimum Gasteiger partial charge on any atom is -0.315 e. The number of benzene rings is 2. The van der Waals surface area contributed by atoms with Crippen molar-refractivity contribution in [2.45, 2.75) is 17.6 Å². The number of aromatic nitrogens is 4. The van der Waals surface area contributed by atoms with Gasteiger partial charge in [-0.2, -0.15) is 5.10 Å². The molecule has 0 N–H and O–H groups in total. The van der Waals surface area contributed by atoms with E-state index in [0.717, 1.165) is 11.4 Å². The van der Waals surface area contributed by atoms with E-state index < -0.39 is 0 Å². The van der Waals surface area contributed by atoms with Crippen molar-refractivity contribution >= 4 is 34.4 Å². The number of hydrogen-bond acceptors (Lipinski definition) is 5. The Morgan fingerprint density at radius 3 is 2.57 bits per heavy atom. The van der Waals surface area contributed by atoms with Crippen LogP contribution in [-0.4, -0.2) is 38.0 Å². The molecule has 1 atom stereocenters. The Bertz CT molecular complexity index is 1280. The van der Waals surface area contributed by atoms with Crippen molar-refractivity contribution in [2.24, 2.45) is 0 Å². The Balaban J connectivity index is 1.48. The van der Waals surface area contributed by atoms with Crippen LogP contribution in [0, 0.1) is 0 Å². The molecular weight excluding hydrogens is 398 g/mol. The summed E-state index contributed by atoms with van der Waals surface area (Å²) in [4.78, 5) is 32.4. The molecule has 0 unspecified atom stereocenters. The molecule has 8 heteroatoms. The molecule has 30 heavy (non-hydrogen) atoms. The van der Waals surface area contributed by atoms with Crippen LogP contribution < -0.4 is 10.5 Å². The Morgan fingerprint density at radius 1 is 1.13 bits per heavy atom. The third-order valence-electron chi connectivity index (χ3n) is 5.30. The van der Waals surface area contributed by atoms with Gasteiger partial charge in [-0.25, -0.2) is 9.67 Å². The zero-order valence-electron chi connectivity index (χ0n) is 16.3. The zero-order valence-corrected chi connectivity index (χ0v) is 17.1. The number of anilines is 1. The highest BCUT2D eigenvalue weighted by molar-refractivity contribution is 7.99. The lowest BCUT2D eigenvalue weighted by molar-refractivity contribution is -0.119. The second-order valence-corrected chi connectivity index (χ2v) is 8.14. The number of rotatable bonds is 4. The average molecular weight is 417 g/mol. The smallest absolute Gasteiger partial charge is 0.265 e. The lowest BCUT2D eigenvalue weighted by Crippen LogP contribution is -2.32. The number of para-hydroxylation sites is 2. The SMILES string of the molecule is CN(C(=O)C[C@H]1CSc2nc3c(cnn3-c3ccccc3)c(=O)n21)c1ccccc1. The molecule has 1 amide bonds. The van der Waals surface area contributed by atoms with Crippen LogP contribution in [0.3, 0.4) is 0 Å². The molecule has 150 valence electrons. The van der Waals surface area contributed by atoms with E-state index in [4.69, 9.17) is 4.98 Å². The molecule has 0 spiro atoms. The van der Waals surface area contributed by atoms with Gasteiger partial charge in [0.15, 0.2) is 10.8 Å². The van der Waals surface area contributed by atoms with Crippen LogP contribution in [0.2, 0.25) is 0 Å². The summed E-state index contributed by atoms with van der Waals surface area (Å²) < 4.78 is 3.33. The third kappa shape index (κ3) is 3.09. The van der Waals surface area contributed by atoms with Crippen molar-refractivity contribution in [1.82, 2.24) is 19.3 Å². The van der Waals surface area contributed by atoms with Crippen molar-refractivity contribution in [3.63, 3.8) is 0 Å². The standard InChI is InChI=1S/C22H19N5O2S/c1-25(15-8-4-2-5-9-15)19(28)12-17-14-30-22-24-20-18(21(29)26(17)22)13-23-27(20)16-10-6-3-7-11-16/h2-11,13,17H,12,14H2,1H3/t17-/m0/s1. The molecule has 7 nitrogen and oxygen atoms in total. The molecule has 0 saturated heterocycles. The molecule has 0 radical (unpaired) electrons. The number of carbonyl (C=O) groups is 1. The van der Waals surface area contributed by atoms with Crippen LogP contribution >= 0.6 is 11.8 Å². The summed E-state index contributed by atoms with van der Waals surface area (Å²) in [6.45, 7) is 0. The van der Waals surface area contributed by atoms with Crippen molar-refractivity contribution in [2.75, 3.05) is 17.7 Å². The van der Waals surface area contributed by atoms with Gasteiger partial charge in [0.25, 0.3) is 5.56 Å². The first-order valence-electron chi connectivity index (χ1n) is 9.63. The number of carbonyl (C=O) groups excluding carboxylic acids is 1. The predicted octanol–water partition coefficient (Wildman–Crippen LogP) is 3.28. The molecule has 0 fully saturated rings. The summed E-state index contributed by atoms with van der Waals surface area (Å²) in [7, 11) is 1.76. The van der Waals surface area contributed by atoms with Gasteiger partial charge in [0.05, 0.1) is 17.9 Å². The zero-order chi connectivity index (χ0) is 20.7. The molecule has 2 aromatic carbocycles. The van der Waals surface area contributed by atoms with Gasteiger partial charge < -0.3 is 4.90 Å². The maximum atomic E-state index is 13.2. The van der Waals surface area contributed by atoms with Gasteiger partial charge in [-0.15, -0.1) is 0 Å². The van der Waals surface area contributed by atoms with Crippen molar-refractivity contribution in [3.8, 4) is 5.69 Å². The molecule has 3 heterocycles. The van der Waals surface area contributed by atoms with Crippen LogP contribution in [0.4, 0.5) is 5.69 Å². The number of nitrogens with zero attached hydrogens (tertiary/aromatic N) is 5. The molecule has 0 bridgehead atoms. The van der Waals surface area contributed by atoms with Gasteiger partial charge in [-0.05, 0) is 24.3 Å². The quantitative estimate of drug-likeness (QED) is 0.477. The molecule has 1 aliphatic rings. The summed E-state index contributed by atoms with van der Waals surface area (Å²) in [6, 6.07) is 18.9. The first kappa shape index (κ1) is 18.6. The maximum Gasteiger partial charge on any atom is 0.265 e. The molecule has 4 aromatic rings. The van der Waals surface area contributed by atoms with Gasteiger partial charge in [0.1, 0.15) is 5.39 Å². The lowest BCUT2D eigenvalue weighted by Gasteiger charge is -2.20. The second-order valence-electron chi connectivity index (χ2n) is 7.16. The van der Waals surface area contributed by atoms with E-state index >= 15 is 0 Å². The Morgan fingerprint density at radius 2 is 1.83 bits per heavy atom. The fourth-order valence-corrected chi connectivity index (χ4v) is 4.80. The van der Waals surface area contributed by atoms with E-state index in [0.29, 0.717) is 21.9 Å². The van der Waals surface area contributed by atoms with Gasteiger partial charge in [-0.3, -0.25) is 14.2 Å². The Kier molecular flexibility index (Phi) is 4.63. The van der Waals surface area contributed by atoms with Crippen LogP contribution in [0.5, 0.6) is 0 Å². The first-order valence-corrected chi connectivity index (χ1v) is 10.6. The van der Waals surface area contributed by atoms with Crippen molar-refractivity contribution in [1.29, 1.82) is 0 Å².